The molecule has 6 heteroatoms. The van der Waals surface area contributed by atoms with E-state index >= 15 is 0 Å². The smallest absolute Gasteiger partial charge is 0.231 e. The van der Waals surface area contributed by atoms with Crippen molar-refractivity contribution in [3.8, 4) is 0 Å². The molecule has 0 aliphatic rings. The Labute approximate surface area is 147 Å². The quantitative estimate of drug-likeness (QED) is 0.793. The number of rotatable bonds is 4. The molecule has 3 aromatic rings. The molecule has 1 aromatic carbocycles. The summed E-state index contributed by atoms with van der Waals surface area (Å²) in [6.45, 7) is 5.89. The average Bonchev–Trinajstić information content (AvgIpc) is 3.00. The standard InChI is InChI=1S/C19H23N5O/c1-13-7-6-8-16(14(13)2)23(4)18-22-21-17(24(18)5)19(3,25)15-9-11-20-12-10-15/h6-12,25H,1-5H3. The van der Waals surface area contributed by atoms with Gasteiger partial charge in [-0.05, 0) is 55.7 Å². The van der Waals surface area contributed by atoms with E-state index in [1.54, 1.807) is 31.5 Å². The Morgan fingerprint density at radius 2 is 1.76 bits per heavy atom. The molecule has 25 heavy (non-hydrogen) atoms. The molecular formula is C19H23N5O. The number of aliphatic hydroxyl groups is 1. The maximum atomic E-state index is 11.0. The van der Waals surface area contributed by atoms with Crippen molar-refractivity contribution in [3.63, 3.8) is 0 Å². The van der Waals surface area contributed by atoms with E-state index in [1.165, 1.54) is 11.1 Å². The van der Waals surface area contributed by atoms with Gasteiger partial charge in [0.05, 0.1) is 0 Å². The van der Waals surface area contributed by atoms with Crippen LogP contribution in [0.25, 0.3) is 0 Å². The normalized spacial score (nSPS) is 13.5. The summed E-state index contributed by atoms with van der Waals surface area (Å²) in [6, 6.07) is 9.73. The zero-order valence-corrected chi connectivity index (χ0v) is 15.2. The van der Waals surface area contributed by atoms with Gasteiger partial charge in [-0.3, -0.25) is 9.55 Å². The van der Waals surface area contributed by atoms with E-state index < -0.39 is 5.60 Å². The van der Waals surface area contributed by atoms with Gasteiger partial charge in [-0.2, -0.15) is 0 Å². The zero-order chi connectivity index (χ0) is 18.2. The van der Waals surface area contributed by atoms with Crippen LogP contribution in [0.15, 0.2) is 42.7 Å². The SMILES string of the molecule is Cc1cccc(N(C)c2nnc(C(C)(O)c3ccncc3)n2C)c1C. The lowest BCUT2D eigenvalue weighted by Gasteiger charge is -2.25. The Kier molecular flexibility index (Phi) is 4.30. The number of hydrogen-bond acceptors (Lipinski definition) is 5. The van der Waals surface area contributed by atoms with Gasteiger partial charge in [0.1, 0.15) is 5.60 Å². The summed E-state index contributed by atoms with van der Waals surface area (Å²) in [5.74, 6) is 1.14. The van der Waals surface area contributed by atoms with E-state index in [9.17, 15) is 5.11 Å². The third kappa shape index (κ3) is 2.89. The molecule has 0 radical (unpaired) electrons. The Morgan fingerprint density at radius 1 is 1.08 bits per heavy atom. The molecule has 0 bridgehead atoms. The van der Waals surface area contributed by atoms with E-state index in [1.807, 2.05) is 29.6 Å². The van der Waals surface area contributed by atoms with Crippen LogP contribution in [0.5, 0.6) is 0 Å². The van der Waals surface area contributed by atoms with Crippen LogP contribution in [0.3, 0.4) is 0 Å². The van der Waals surface area contributed by atoms with E-state index in [-0.39, 0.29) is 0 Å². The topological polar surface area (TPSA) is 67.1 Å². The fraction of sp³-hybridized carbons (Fsp3) is 0.316. The minimum Gasteiger partial charge on any atom is -0.377 e. The highest BCUT2D eigenvalue weighted by atomic mass is 16.3. The van der Waals surface area contributed by atoms with Gasteiger partial charge >= 0.3 is 0 Å². The first-order chi connectivity index (χ1) is 11.8. The van der Waals surface area contributed by atoms with Gasteiger partial charge in [0.25, 0.3) is 0 Å². The number of nitrogens with zero attached hydrogens (tertiary/aromatic N) is 5. The number of anilines is 2. The lowest BCUT2D eigenvalue weighted by Crippen LogP contribution is -2.27. The molecule has 0 aliphatic carbocycles. The molecule has 0 fully saturated rings. The molecular weight excluding hydrogens is 314 g/mol. The minimum absolute atomic E-state index is 0.478. The van der Waals surface area contributed by atoms with Crippen LogP contribution in [0.2, 0.25) is 0 Å². The van der Waals surface area contributed by atoms with Crippen LogP contribution in [0, 0.1) is 13.8 Å². The van der Waals surface area contributed by atoms with Gasteiger partial charge in [0.15, 0.2) is 5.82 Å². The van der Waals surface area contributed by atoms with Gasteiger partial charge in [-0.1, -0.05) is 12.1 Å². The molecule has 3 rings (SSSR count). The van der Waals surface area contributed by atoms with Crippen LogP contribution in [0.4, 0.5) is 11.6 Å². The number of hydrogen-bond donors (Lipinski definition) is 1. The summed E-state index contributed by atoms with van der Waals surface area (Å²) < 4.78 is 1.82. The van der Waals surface area contributed by atoms with Crippen molar-refractivity contribution < 1.29 is 5.11 Å². The van der Waals surface area contributed by atoms with E-state index in [0.29, 0.717) is 11.8 Å². The predicted octanol–water partition coefficient (Wildman–Crippen LogP) is 2.85. The van der Waals surface area contributed by atoms with Crippen LogP contribution in [-0.2, 0) is 12.6 Å². The Hall–Kier alpha value is -2.73. The third-order valence-electron chi connectivity index (χ3n) is 4.77. The van der Waals surface area contributed by atoms with Crippen molar-refractivity contribution in [1.29, 1.82) is 0 Å². The first-order valence-corrected chi connectivity index (χ1v) is 8.16. The molecule has 0 spiro atoms. The first-order valence-electron chi connectivity index (χ1n) is 8.16. The summed E-state index contributed by atoms with van der Waals surface area (Å²) in [5.41, 5.74) is 2.93. The van der Waals surface area contributed by atoms with Gasteiger partial charge < -0.3 is 10.0 Å². The van der Waals surface area contributed by atoms with Crippen LogP contribution in [0.1, 0.15) is 29.4 Å². The second kappa shape index (κ2) is 6.29. The second-order valence-corrected chi connectivity index (χ2v) is 6.47. The highest BCUT2D eigenvalue weighted by molar-refractivity contribution is 5.62. The maximum Gasteiger partial charge on any atom is 0.231 e. The van der Waals surface area contributed by atoms with Crippen LogP contribution < -0.4 is 4.90 Å². The highest BCUT2D eigenvalue weighted by Crippen LogP contribution is 2.32. The molecule has 0 saturated carbocycles. The predicted molar refractivity (Wildman–Crippen MR) is 97.9 cm³/mol. The zero-order valence-electron chi connectivity index (χ0n) is 15.2. The summed E-state index contributed by atoms with van der Waals surface area (Å²) in [4.78, 5) is 5.99. The lowest BCUT2D eigenvalue weighted by molar-refractivity contribution is 0.0887. The van der Waals surface area contributed by atoms with Crippen molar-refractivity contribution in [3.05, 3.63) is 65.2 Å². The van der Waals surface area contributed by atoms with Crippen molar-refractivity contribution >= 4 is 11.6 Å². The van der Waals surface area contributed by atoms with Gasteiger partial charge in [0.2, 0.25) is 5.95 Å². The van der Waals surface area contributed by atoms with Crippen molar-refractivity contribution in [2.24, 2.45) is 7.05 Å². The summed E-state index contributed by atoms with van der Waals surface area (Å²) in [7, 11) is 3.82. The van der Waals surface area contributed by atoms with E-state index in [4.69, 9.17) is 0 Å². The summed E-state index contributed by atoms with van der Waals surface area (Å²) in [5, 5.41) is 19.6. The molecule has 1 atom stereocenters. The monoisotopic (exact) mass is 337 g/mol. The highest BCUT2D eigenvalue weighted by Gasteiger charge is 2.32. The molecule has 0 saturated heterocycles. The molecule has 130 valence electrons. The van der Waals surface area contributed by atoms with Gasteiger partial charge in [-0.25, -0.2) is 0 Å². The Bertz CT molecular complexity index is 886. The Morgan fingerprint density at radius 3 is 2.44 bits per heavy atom. The molecule has 2 aromatic heterocycles. The summed E-state index contributed by atoms with van der Waals surface area (Å²) in [6.07, 6.45) is 3.31. The van der Waals surface area contributed by atoms with Crippen molar-refractivity contribution in [1.82, 2.24) is 19.7 Å². The molecule has 6 nitrogen and oxygen atoms in total. The maximum absolute atomic E-state index is 11.0. The van der Waals surface area contributed by atoms with E-state index in [2.05, 4.69) is 41.2 Å². The molecule has 0 amide bonds. The minimum atomic E-state index is -1.26. The average molecular weight is 337 g/mol. The second-order valence-electron chi connectivity index (χ2n) is 6.47. The van der Waals surface area contributed by atoms with Crippen molar-refractivity contribution in [2.75, 3.05) is 11.9 Å². The third-order valence-corrected chi connectivity index (χ3v) is 4.77. The fourth-order valence-corrected chi connectivity index (χ4v) is 3.05. The first kappa shape index (κ1) is 17.1. The molecule has 1 unspecified atom stereocenters. The summed E-state index contributed by atoms with van der Waals surface area (Å²) >= 11 is 0. The van der Waals surface area contributed by atoms with E-state index in [0.717, 1.165) is 11.3 Å². The van der Waals surface area contributed by atoms with Crippen LogP contribution >= 0.6 is 0 Å². The van der Waals surface area contributed by atoms with Crippen LogP contribution in [-0.4, -0.2) is 31.9 Å². The number of aromatic nitrogens is 4. The molecule has 2 heterocycles. The van der Waals surface area contributed by atoms with Crippen molar-refractivity contribution in [2.45, 2.75) is 26.4 Å². The van der Waals surface area contributed by atoms with Gasteiger partial charge in [-0.15, -0.1) is 10.2 Å². The number of benzene rings is 1. The van der Waals surface area contributed by atoms with Gasteiger partial charge in [0, 0.05) is 32.2 Å². The number of aryl methyl sites for hydroxylation is 1. The fourth-order valence-electron chi connectivity index (χ4n) is 3.05. The molecule has 0 aliphatic heterocycles. The number of pyridine rings is 1. The Balaban J connectivity index is 2.03. The molecule has 1 N–H and O–H groups in total. The largest absolute Gasteiger partial charge is 0.377 e. The lowest BCUT2D eigenvalue weighted by atomic mass is 9.96.